The lowest BCUT2D eigenvalue weighted by Crippen LogP contribution is -2.54. The lowest BCUT2D eigenvalue weighted by Gasteiger charge is -2.35. The highest BCUT2D eigenvalue weighted by molar-refractivity contribution is 6.24. The molecule has 0 saturated carbocycles. The van der Waals surface area contributed by atoms with E-state index >= 15 is 4.39 Å². The smallest absolute Gasteiger partial charge is 0.319 e. The van der Waals surface area contributed by atoms with Gasteiger partial charge in [0.25, 0.3) is 18.3 Å². The molecule has 6 aliphatic heterocycles. The Morgan fingerprint density at radius 3 is 2.40 bits per heavy atom. The van der Waals surface area contributed by atoms with Crippen molar-refractivity contribution >= 4 is 69.2 Å². The number of ether oxygens (including phenoxy) is 1. The lowest BCUT2D eigenvalue weighted by atomic mass is 9.94. The van der Waals surface area contributed by atoms with E-state index in [1.54, 1.807) is 12.3 Å². The number of fused-ring (bicyclic) bond motifs is 5. The minimum absolute atomic E-state index is 0.0352. The number of anilines is 2. The fourth-order valence-electron chi connectivity index (χ4n) is 10.9. The molecule has 4 N–H and O–H groups in total. The predicted molar refractivity (Wildman–Crippen MR) is 247 cm³/mol. The van der Waals surface area contributed by atoms with Gasteiger partial charge in [0.05, 0.1) is 16.5 Å². The highest BCUT2D eigenvalue weighted by Gasteiger charge is 2.45. The summed E-state index contributed by atoms with van der Waals surface area (Å²) in [7, 11) is 2.08. The number of hydrogen-bond donors (Lipinski definition) is 4. The molecule has 2 aromatic heterocycles. The molecule has 3 unspecified atom stereocenters. The Balaban J connectivity index is 0.00000175. The van der Waals surface area contributed by atoms with Gasteiger partial charge in [-0.05, 0) is 87.6 Å². The summed E-state index contributed by atoms with van der Waals surface area (Å²) in [5, 5.41) is 18.2. The SMILES string of the molecule is CN1C[C@@H](N2CCC(C(=O)Nc3ccc4c(c3)C(=O)N(C3CCC(=O)NC3=O)C4=O)CC2)C[C@H]1COc1nc(N2CC3CCC(C2)N3)c2cnc(-c3cccc4ccccc34)c(F)c2n1.O=CO. The van der Waals surface area contributed by atoms with E-state index in [9.17, 15) is 24.0 Å². The normalized spacial score (nSPS) is 24.2. The number of likely N-dealkylation sites (N-methyl/N-ethyl adjacent to an activating group) is 1. The van der Waals surface area contributed by atoms with Crippen LogP contribution in [0.4, 0.5) is 15.9 Å². The van der Waals surface area contributed by atoms with Gasteiger partial charge < -0.3 is 25.4 Å². The Morgan fingerprint density at radius 1 is 0.897 bits per heavy atom. The lowest BCUT2D eigenvalue weighted by molar-refractivity contribution is -0.136. The Labute approximate surface area is 390 Å². The Kier molecular flexibility index (Phi) is 12.3. The number of carbonyl (C=O) groups is 6. The van der Waals surface area contributed by atoms with E-state index in [2.05, 4.69) is 37.7 Å². The van der Waals surface area contributed by atoms with E-state index in [1.165, 1.54) is 12.1 Å². The average molecular weight is 927 g/mol. The zero-order valence-electron chi connectivity index (χ0n) is 37.4. The van der Waals surface area contributed by atoms with Crippen molar-refractivity contribution in [3.05, 3.63) is 83.8 Å². The van der Waals surface area contributed by atoms with Crippen LogP contribution in [0.25, 0.3) is 32.9 Å². The summed E-state index contributed by atoms with van der Waals surface area (Å²) in [6, 6.07) is 18.4. The van der Waals surface area contributed by atoms with Gasteiger partial charge in [0, 0.05) is 73.6 Å². The number of carbonyl (C=O) groups excluding carboxylic acids is 5. The third-order valence-corrected chi connectivity index (χ3v) is 14.4. The van der Waals surface area contributed by atoms with Gasteiger partial charge in [-0.1, -0.05) is 42.5 Å². The van der Waals surface area contributed by atoms with Crippen molar-refractivity contribution in [3.63, 3.8) is 0 Å². The number of carboxylic acid groups (broad SMARTS) is 1. The number of likely N-dealkylation sites (tertiary alicyclic amines) is 2. The molecule has 5 amide bonds. The van der Waals surface area contributed by atoms with Gasteiger partial charge in [0.1, 0.15) is 29.7 Å². The minimum atomic E-state index is -1.06. The Morgan fingerprint density at radius 2 is 1.63 bits per heavy atom. The number of nitrogens with one attached hydrogen (secondary N) is 3. The molecular weight excluding hydrogens is 876 g/mol. The number of imide groups is 2. The van der Waals surface area contributed by atoms with Crippen LogP contribution in [0.3, 0.4) is 0 Å². The summed E-state index contributed by atoms with van der Waals surface area (Å²) in [6.45, 7) is 3.88. The number of piperazine rings is 1. The van der Waals surface area contributed by atoms with E-state index in [4.69, 9.17) is 29.6 Å². The van der Waals surface area contributed by atoms with Crippen LogP contribution in [-0.2, 0) is 19.2 Å². The number of hydrogen-bond acceptors (Lipinski definition) is 14. The topological polar surface area (TPSA) is 220 Å². The van der Waals surface area contributed by atoms with Crippen molar-refractivity contribution in [2.24, 2.45) is 5.92 Å². The minimum Gasteiger partial charge on any atom is -0.483 e. The van der Waals surface area contributed by atoms with Gasteiger partial charge >= 0.3 is 6.01 Å². The molecule has 18 nitrogen and oxygen atoms in total. The molecule has 0 aliphatic carbocycles. The molecule has 19 heteroatoms. The van der Waals surface area contributed by atoms with Gasteiger partial charge in [-0.2, -0.15) is 9.97 Å². The second-order valence-corrected chi connectivity index (χ2v) is 18.5. The average Bonchev–Trinajstić information content (AvgIpc) is 3.97. The van der Waals surface area contributed by atoms with Crippen molar-refractivity contribution in [3.8, 4) is 17.3 Å². The van der Waals surface area contributed by atoms with Crippen molar-refractivity contribution in [1.82, 2.24) is 40.3 Å². The van der Waals surface area contributed by atoms with E-state index in [-0.39, 0.29) is 71.6 Å². The summed E-state index contributed by atoms with van der Waals surface area (Å²) in [5.74, 6) is -2.58. The zero-order chi connectivity index (χ0) is 47.2. The molecule has 8 heterocycles. The second kappa shape index (κ2) is 18.6. The molecule has 0 radical (unpaired) electrons. The first-order valence-corrected chi connectivity index (χ1v) is 23.1. The van der Waals surface area contributed by atoms with Gasteiger partial charge in [-0.25, -0.2) is 4.39 Å². The van der Waals surface area contributed by atoms with Crippen LogP contribution >= 0.6 is 0 Å². The van der Waals surface area contributed by atoms with E-state index < -0.39 is 35.5 Å². The number of nitrogens with zero attached hydrogens (tertiary/aromatic N) is 7. The zero-order valence-corrected chi connectivity index (χ0v) is 37.4. The van der Waals surface area contributed by atoms with Crippen molar-refractivity contribution < 1.29 is 43.0 Å². The molecule has 11 rings (SSSR count). The fraction of sp³-hybridized carbons (Fsp3) is 0.408. The molecular formula is C49H51FN10O8. The van der Waals surface area contributed by atoms with Crippen molar-refractivity contribution in [2.75, 3.05) is 56.6 Å². The molecule has 68 heavy (non-hydrogen) atoms. The second-order valence-electron chi connectivity index (χ2n) is 18.5. The molecule has 5 aromatic rings. The van der Waals surface area contributed by atoms with Crippen LogP contribution < -0.4 is 25.6 Å². The number of halogens is 1. The summed E-state index contributed by atoms with van der Waals surface area (Å²) < 4.78 is 23.3. The number of pyridine rings is 1. The molecule has 3 aromatic carbocycles. The summed E-state index contributed by atoms with van der Waals surface area (Å²) in [5.41, 5.74) is 1.80. The van der Waals surface area contributed by atoms with Crippen LogP contribution in [0.5, 0.6) is 6.01 Å². The molecule has 5 saturated heterocycles. The first-order chi connectivity index (χ1) is 33.0. The monoisotopic (exact) mass is 926 g/mol. The van der Waals surface area contributed by atoms with E-state index in [0.717, 1.165) is 67.7 Å². The van der Waals surface area contributed by atoms with Crippen LogP contribution in [-0.4, -0.2) is 147 Å². The maximum Gasteiger partial charge on any atom is 0.319 e. The van der Waals surface area contributed by atoms with Crippen LogP contribution in [0.1, 0.15) is 65.7 Å². The summed E-state index contributed by atoms with van der Waals surface area (Å²) in [6.07, 6.45) is 6.14. The number of rotatable bonds is 9. The van der Waals surface area contributed by atoms with Gasteiger partial charge in [-0.15, -0.1) is 0 Å². The highest BCUT2D eigenvalue weighted by Crippen LogP contribution is 2.37. The number of aromatic nitrogens is 3. The number of benzene rings is 3. The van der Waals surface area contributed by atoms with Gasteiger partial charge in [0.15, 0.2) is 5.82 Å². The van der Waals surface area contributed by atoms with Gasteiger partial charge in [-0.3, -0.25) is 53.8 Å². The van der Waals surface area contributed by atoms with Crippen LogP contribution in [0.15, 0.2) is 66.9 Å². The van der Waals surface area contributed by atoms with E-state index in [0.29, 0.717) is 54.0 Å². The standard InChI is InChI=1S/C48H49FN10O6.CH2O2/c1-56-24-31(57-17-15-27(16-18-57)44(61)52-28-11-12-35-36(19-28)47(64)59(46(35)63)38-13-14-39(60)53-45(38)62)20-32(56)25-65-48-54-42-37(43(55-48)58-22-29-9-10-30(23-58)51-29)21-50-41(40(42)49)34-8-4-6-26-5-2-3-7-33(26)34;2-1-3/h2-8,11-12,19,21,27,29-32,38,51H,9-10,13-18,20,22-25H2,1H3,(H,52,61)(H,53,60,62);1H,(H,2,3)/t29?,30?,31-,32-,38?;/m0./s1. The fourth-order valence-corrected chi connectivity index (χ4v) is 10.9. The highest BCUT2D eigenvalue weighted by atomic mass is 19.1. The van der Waals surface area contributed by atoms with E-state index in [1.807, 2.05) is 42.5 Å². The quantitative estimate of drug-likeness (QED) is 0.122. The number of piperidine rings is 2. The molecule has 6 aliphatic rings. The van der Waals surface area contributed by atoms with Crippen molar-refractivity contribution in [1.29, 1.82) is 0 Å². The molecule has 5 atom stereocenters. The maximum atomic E-state index is 16.9. The summed E-state index contributed by atoms with van der Waals surface area (Å²) >= 11 is 0. The third kappa shape index (κ3) is 8.49. The first-order valence-electron chi connectivity index (χ1n) is 23.1. The first kappa shape index (κ1) is 44.9. The third-order valence-electron chi connectivity index (χ3n) is 14.4. The van der Waals surface area contributed by atoms with Crippen LogP contribution in [0, 0.1) is 11.7 Å². The maximum absolute atomic E-state index is 16.9. The number of amides is 5. The molecule has 5 fully saturated rings. The Bertz CT molecular complexity index is 2840. The molecule has 0 spiro atoms. The molecule has 2 bridgehead atoms. The Hall–Kier alpha value is -6.96. The van der Waals surface area contributed by atoms with Crippen molar-refractivity contribution in [2.45, 2.75) is 75.2 Å². The largest absolute Gasteiger partial charge is 0.483 e. The van der Waals surface area contributed by atoms with Crippen LogP contribution in [0.2, 0.25) is 0 Å². The summed E-state index contributed by atoms with van der Waals surface area (Å²) in [4.78, 5) is 94.7. The predicted octanol–water partition coefficient (Wildman–Crippen LogP) is 3.83. The molecule has 352 valence electrons. The van der Waals surface area contributed by atoms with Gasteiger partial charge in [0.2, 0.25) is 17.7 Å².